The molecule has 0 spiro atoms. The average Bonchev–Trinajstić information content (AvgIpc) is 3.07. The van der Waals surface area contributed by atoms with E-state index < -0.39 is 17.9 Å². The summed E-state index contributed by atoms with van der Waals surface area (Å²) in [6.07, 6.45) is 2.62. The van der Waals surface area contributed by atoms with Crippen LogP contribution in [0.2, 0.25) is 0 Å². The molecule has 2 aromatic heterocycles. The highest BCUT2D eigenvalue weighted by Crippen LogP contribution is 2.24. The van der Waals surface area contributed by atoms with Crippen molar-refractivity contribution in [2.45, 2.75) is 25.9 Å². The Balaban J connectivity index is 2.20. The second kappa shape index (κ2) is 6.04. The van der Waals surface area contributed by atoms with Crippen LogP contribution in [-0.2, 0) is 9.53 Å². The molecule has 0 aliphatic carbocycles. The number of ketones is 1. The Morgan fingerprint density at radius 2 is 1.95 bits per heavy atom. The van der Waals surface area contributed by atoms with E-state index in [0.717, 1.165) is 0 Å². The lowest BCUT2D eigenvalue weighted by atomic mass is 10.1. The maximum Gasteiger partial charge on any atom is 0.306 e. The van der Waals surface area contributed by atoms with Gasteiger partial charge in [-0.25, -0.2) is 0 Å². The number of esters is 1. The zero-order chi connectivity index (χ0) is 13.7. The highest BCUT2D eigenvalue weighted by molar-refractivity contribution is 5.98. The van der Waals surface area contributed by atoms with E-state index in [-0.39, 0.29) is 17.9 Å². The van der Waals surface area contributed by atoms with Gasteiger partial charge in [-0.05, 0) is 30.7 Å². The molecule has 1 atom stereocenters. The molecule has 0 radical (unpaired) electrons. The summed E-state index contributed by atoms with van der Waals surface area (Å²) in [7, 11) is 0. The van der Waals surface area contributed by atoms with Gasteiger partial charge in [0, 0.05) is 6.42 Å². The molecule has 100 valence electrons. The number of hydrogen-bond donors (Lipinski definition) is 0. The number of carbonyl (C=O) groups is 2. The Hall–Kier alpha value is -2.30. The quantitative estimate of drug-likeness (QED) is 0.590. The molecule has 2 aromatic rings. The van der Waals surface area contributed by atoms with Crippen molar-refractivity contribution in [3.8, 4) is 0 Å². The third kappa shape index (κ3) is 3.13. The van der Waals surface area contributed by atoms with E-state index in [4.69, 9.17) is 13.6 Å². The molecule has 2 rings (SSSR count). The van der Waals surface area contributed by atoms with Crippen LogP contribution in [0.15, 0.2) is 45.6 Å². The highest BCUT2D eigenvalue weighted by atomic mass is 16.6. The first kappa shape index (κ1) is 13.1. The largest absolute Gasteiger partial charge is 0.465 e. The van der Waals surface area contributed by atoms with E-state index in [2.05, 4.69) is 0 Å². The van der Waals surface area contributed by atoms with E-state index in [1.807, 2.05) is 6.92 Å². The van der Waals surface area contributed by atoms with Crippen molar-refractivity contribution in [1.29, 1.82) is 0 Å². The molecular weight excluding hydrogens is 248 g/mol. The number of Topliss-reactive ketones (excluding diaryl/α,β-unsaturated/α-hetero) is 1. The zero-order valence-corrected chi connectivity index (χ0v) is 10.5. The summed E-state index contributed by atoms with van der Waals surface area (Å²) in [5.74, 6) is -0.468. The standard InChI is InChI=1S/C14H14O5/c1-2-5-12(15)19-14(11-7-4-9-18-11)13(16)10-6-3-8-17-10/h3-4,6-9,14H,2,5H2,1H3/t14-/m0/s1. The van der Waals surface area contributed by atoms with Gasteiger partial charge in [0.1, 0.15) is 0 Å². The predicted octanol–water partition coefficient (Wildman–Crippen LogP) is 3.14. The SMILES string of the molecule is CCCC(=O)O[C@H](C(=O)c1ccco1)c1ccco1. The van der Waals surface area contributed by atoms with Crippen LogP contribution in [0.1, 0.15) is 42.2 Å². The minimum Gasteiger partial charge on any atom is -0.465 e. The van der Waals surface area contributed by atoms with Crippen LogP contribution >= 0.6 is 0 Å². The molecule has 19 heavy (non-hydrogen) atoms. The minimum absolute atomic E-state index is 0.130. The van der Waals surface area contributed by atoms with Gasteiger partial charge in [-0.2, -0.15) is 0 Å². The molecule has 0 fully saturated rings. The Kier molecular flexibility index (Phi) is 4.18. The number of furan rings is 2. The Bertz CT molecular complexity index is 524. The second-order valence-corrected chi connectivity index (χ2v) is 3.98. The van der Waals surface area contributed by atoms with Gasteiger partial charge in [-0.1, -0.05) is 6.92 Å². The minimum atomic E-state index is -1.10. The van der Waals surface area contributed by atoms with Crippen molar-refractivity contribution in [3.05, 3.63) is 48.3 Å². The van der Waals surface area contributed by atoms with Crippen LogP contribution in [0, 0.1) is 0 Å². The smallest absolute Gasteiger partial charge is 0.306 e. The molecule has 5 nitrogen and oxygen atoms in total. The lowest BCUT2D eigenvalue weighted by Gasteiger charge is -2.13. The van der Waals surface area contributed by atoms with Crippen LogP contribution in [0.4, 0.5) is 0 Å². The Morgan fingerprint density at radius 3 is 2.53 bits per heavy atom. The van der Waals surface area contributed by atoms with E-state index in [1.165, 1.54) is 18.6 Å². The molecule has 0 amide bonds. The maximum absolute atomic E-state index is 12.2. The number of rotatable bonds is 6. The normalized spacial score (nSPS) is 12.1. The molecule has 0 aromatic carbocycles. The first-order chi connectivity index (χ1) is 9.22. The number of hydrogen-bond acceptors (Lipinski definition) is 5. The third-order valence-corrected chi connectivity index (χ3v) is 2.51. The topological polar surface area (TPSA) is 69.7 Å². The fraction of sp³-hybridized carbons (Fsp3) is 0.286. The van der Waals surface area contributed by atoms with E-state index in [1.54, 1.807) is 18.2 Å². The molecular formula is C14H14O5. The second-order valence-electron chi connectivity index (χ2n) is 3.98. The Morgan fingerprint density at radius 1 is 1.21 bits per heavy atom. The summed E-state index contributed by atoms with van der Waals surface area (Å²) in [5.41, 5.74) is 0. The van der Waals surface area contributed by atoms with Crippen molar-refractivity contribution in [2.24, 2.45) is 0 Å². The first-order valence-corrected chi connectivity index (χ1v) is 6.03. The summed E-state index contributed by atoms with van der Waals surface area (Å²) in [4.78, 5) is 23.8. The summed E-state index contributed by atoms with van der Waals surface area (Å²) in [5, 5.41) is 0. The molecule has 0 aliphatic rings. The van der Waals surface area contributed by atoms with Gasteiger partial charge < -0.3 is 13.6 Å². The van der Waals surface area contributed by atoms with Crippen LogP contribution in [0.5, 0.6) is 0 Å². The zero-order valence-electron chi connectivity index (χ0n) is 10.5. The lowest BCUT2D eigenvalue weighted by molar-refractivity contribution is -0.148. The number of ether oxygens (including phenoxy) is 1. The summed E-state index contributed by atoms with van der Waals surface area (Å²) >= 11 is 0. The van der Waals surface area contributed by atoms with Gasteiger partial charge >= 0.3 is 5.97 Å². The van der Waals surface area contributed by atoms with Crippen molar-refractivity contribution in [2.75, 3.05) is 0 Å². The van der Waals surface area contributed by atoms with E-state index in [9.17, 15) is 9.59 Å². The molecule has 0 bridgehead atoms. The van der Waals surface area contributed by atoms with Crippen LogP contribution in [0.3, 0.4) is 0 Å². The van der Waals surface area contributed by atoms with Gasteiger partial charge in [-0.3, -0.25) is 9.59 Å². The highest BCUT2D eigenvalue weighted by Gasteiger charge is 2.30. The molecule has 0 N–H and O–H groups in total. The van der Waals surface area contributed by atoms with Crippen molar-refractivity contribution < 1.29 is 23.2 Å². The molecule has 0 aliphatic heterocycles. The monoisotopic (exact) mass is 262 g/mol. The van der Waals surface area contributed by atoms with E-state index >= 15 is 0 Å². The predicted molar refractivity (Wildman–Crippen MR) is 65.5 cm³/mol. The van der Waals surface area contributed by atoms with Gasteiger partial charge in [0.15, 0.2) is 11.5 Å². The van der Waals surface area contributed by atoms with Crippen LogP contribution < -0.4 is 0 Å². The first-order valence-electron chi connectivity index (χ1n) is 6.03. The van der Waals surface area contributed by atoms with E-state index in [0.29, 0.717) is 6.42 Å². The van der Waals surface area contributed by atoms with Crippen LogP contribution in [-0.4, -0.2) is 11.8 Å². The van der Waals surface area contributed by atoms with Crippen molar-refractivity contribution in [3.63, 3.8) is 0 Å². The molecule has 0 saturated carbocycles. The third-order valence-electron chi connectivity index (χ3n) is 2.51. The van der Waals surface area contributed by atoms with Gasteiger partial charge in [0.2, 0.25) is 11.9 Å². The number of carbonyl (C=O) groups excluding carboxylic acids is 2. The molecule has 5 heteroatoms. The van der Waals surface area contributed by atoms with Crippen LogP contribution in [0.25, 0.3) is 0 Å². The van der Waals surface area contributed by atoms with Gasteiger partial charge in [0.05, 0.1) is 12.5 Å². The molecule has 2 heterocycles. The average molecular weight is 262 g/mol. The summed E-state index contributed by atoms with van der Waals surface area (Å²) in [6.45, 7) is 1.86. The van der Waals surface area contributed by atoms with Crippen molar-refractivity contribution >= 4 is 11.8 Å². The van der Waals surface area contributed by atoms with Gasteiger partial charge in [-0.15, -0.1) is 0 Å². The fourth-order valence-electron chi connectivity index (χ4n) is 1.62. The molecule has 0 saturated heterocycles. The van der Waals surface area contributed by atoms with Gasteiger partial charge in [0.25, 0.3) is 0 Å². The maximum atomic E-state index is 12.2. The van der Waals surface area contributed by atoms with Crippen molar-refractivity contribution in [1.82, 2.24) is 0 Å². The lowest BCUT2D eigenvalue weighted by Crippen LogP contribution is -2.19. The fourth-order valence-corrected chi connectivity index (χ4v) is 1.62. The summed E-state index contributed by atoms with van der Waals surface area (Å²) < 4.78 is 15.4. The Labute approximate surface area is 110 Å². The summed E-state index contributed by atoms with van der Waals surface area (Å²) in [6, 6.07) is 6.34. The molecule has 0 unspecified atom stereocenters.